The zero-order valence-corrected chi connectivity index (χ0v) is 10.6. The second kappa shape index (κ2) is 4.15. The summed E-state index contributed by atoms with van der Waals surface area (Å²) in [6, 6.07) is 6.64. The fourth-order valence-corrected chi connectivity index (χ4v) is 3.75. The normalized spacial score (nSPS) is 18.3. The van der Waals surface area contributed by atoms with Gasteiger partial charge in [0, 0.05) is 24.1 Å². The zero-order chi connectivity index (χ0) is 11.8. The molecule has 1 N–H and O–H groups in total. The first kappa shape index (κ1) is 10.8. The van der Waals surface area contributed by atoms with Crippen LogP contribution in [0.1, 0.15) is 30.4 Å². The predicted octanol–water partition coefficient (Wildman–Crippen LogP) is 3.07. The number of carbonyl (C=O) groups excluding carboxylic acids is 1. The summed E-state index contributed by atoms with van der Waals surface area (Å²) in [6.07, 6.45) is 2.31. The molecule has 1 heterocycles. The van der Waals surface area contributed by atoms with Gasteiger partial charge in [-0.05, 0) is 40.8 Å². The van der Waals surface area contributed by atoms with Crippen LogP contribution in [0.5, 0.6) is 0 Å². The highest BCUT2D eigenvalue weighted by Crippen LogP contribution is 2.40. The van der Waals surface area contributed by atoms with Gasteiger partial charge in [0.25, 0.3) is 0 Å². The summed E-state index contributed by atoms with van der Waals surface area (Å²) in [4.78, 5) is 11.0. The summed E-state index contributed by atoms with van der Waals surface area (Å²) in [6.45, 7) is 2.36. The summed E-state index contributed by atoms with van der Waals surface area (Å²) in [7, 11) is 0. The topological polar surface area (TPSA) is 29.1 Å². The van der Waals surface area contributed by atoms with Crippen LogP contribution in [-0.4, -0.2) is 12.5 Å². The quantitative estimate of drug-likeness (QED) is 0.865. The third-order valence-electron chi connectivity index (χ3n) is 3.52. The van der Waals surface area contributed by atoms with E-state index in [0.717, 1.165) is 19.4 Å². The fourth-order valence-electron chi connectivity index (χ4n) is 2.71. The Labute approximate surface area is 105 Å². The van der Waals surface area contributed by atoms with Crippen molar-refractivity contribution in [3.8, 4) is 0 Å². The Kier molecular flexibility index (Phi) is 2.63. The Morgan fingerprint density at radius 1 is 1.47 bits per heavy atom. The van der Waals surface area contributed by atoms with E-state index >= 15 is 0 Å². The number of benzene rings is 1. The minimum atomic E-state index is 0.0665. The molecule has 1 aliphatic rings. The Bertz CT molecular complexity index is 573. The average Bonchev–Trinajstić information content (AvgIpc) is 2.91. The van der Waals surface area contributed by atoms with Gasteiger partial charge in [0.1, 0.15) is 0 Å². The third kappa shape index (κ3) is 1.84. The van der Waals surface area contributed by atoms with Gasteiger partial charge in [-0.1, -0.05) is 12.1 Å². The molecule has 0 saturated carbocycles. The molecule has 3 heteroatoms. The van der Waals surface area contributed by atoms with Crippen molar-refractivity contribution >= 4 is 27.3 Å². The summed E-state index contributed by atoms with van der Waals surface area (Å²) in [5.74, 6) is 0.563. The number of hydrogen-bond acceptors (Lipinski definition) is 2. The van der Waals surface area contributed by atoms with E-state index in [-0.39, 0.29) is 5.91 Å². The van der Waals surface area contributed by atoms with Crippen LogP contribution in [0.15, 0.2) is 23.6 Å². The lowest BCUT2D eigenvalue weighted by atomic mass is 10.00. The first-order valence-electron chi connectivity index (χ1n) is 5.99. The lowest BCUT2D eigenvalue weighted by molar-refractivity contribution is -0.119. The minimum Gasteiger partial charge on any atom is -0.356 e. The number of thiophene rings is 1. The molecule has 0 aliphatic heterocycles. The van der Waals surface area contributed by atoms with Gasteiger partial charge in [-0.3, -0.25) is 4.79 Å². The monoisotopic (exact) mass is 245 g/mol. The van der Waals surface area contributed by atoms with Crippen molar-refractivity contribution in [2.75, 3.05) is 6.54 Å². The van der Waals surface area contributed by atoms with Gasteiger partial charge < -0.3 is 5.32 Å². The standard InChI is InChI=1S/C14H15NOS/c1-9(16)15-8-12-5-3-10-2-4-11-6-7-17-14(11)13(10)12/h2,4,6-7,12H,3,5,8H2,1H3,(H,15,16). The molecule has 1 aromatic carbocycles. The molecule has 0 bridgehead atoms. The molecule has 0 fully saturated rings. The predicted molar refractivity (Wildman–Crippen MR) is 71.6 cm³/mol. The highest BCUT2D eigenvalue weighted by molar-refractivity contribution is 7.17. The maximum atomic E-state index is 11.0. The molecule has 3 rings (SSSR count). The lowest BCUT2D eigenvalue weighted by Crippen LogP contribution is -2.25. The molecule has 1 aliphatic carbocycles. The van der Waals surface area contributed by atoms with Crippen molar-refractivity contribution in [1.29, 1.82) is 0 Å². The number of aryl methyl sites for hydroxylation is 1. The summed E-state index contributed by atoms with van der Waals surface area (Å²) < 4.78 is 1.41. The van der Waals surface area contributed by atoms with E-state index in [4.69, 9.17) is 0 Å². The number of fused-ring (bicyclic) bond motifs is 3. The van der Waals surface area contributed by atoms with E-state index < -0.39 is 0 Å². The molecular weight excluding hydrogens is 230 g/mol. The number of amides is 1. The molecule has 1 amide bonds. The van der Waals surface area contributed by atoms with Gasteiger partial charge >= 0.3 is 0 Å². The third-order valence-corrected chi connectivity index (χ3v) is 4.48. The summed E-state index contributed by atoms with van der Waals surface area (Å²) in [5, 5.41) is 6.44. The van der Waals surface area contributed by atoms with Crippen LogP contribution in [-0.2, 0) is 11.2 Å². The van der Waals surface area contributed by atoms with Gasteiger partial charge in [0.15, 0.2) is 0 Å². The average molecular weight is 245 g/mol. The first-order valence-corrected chi connectivity index (χ1v) is 6.87. The van der Waals surface area contributed by atoms with Crippen LogP contribution in [0.2, 0.25) is 0 Å². The van der Waals surface area contributed by atoms with E-state index in [1.54, 1.807) is 6.92 Å². The van der Waals surface area contributed by atoms with Crippen LogP contribution >= 0.6 is 11.3 Å². The molecule has 1 aromatic heterocycles. The maximum Gasteiger partial charge on any atom is 0.216 e. The number of hydrogen-bond donors (Lipinski definition) is 1. The van der Waals surface area contributed by atoms with E-state index in [2.05, 4.69) is 28.9 Å². The van der Waals surface area contributed by atoms with Gasteiger partial charge in [-0.25, -0.2) is 0 Å². The molecule has 2 nitrogen and oxygen atoms in total. The molecule has 0 spiro atoms. The van der Waals surface area contributed by atoms with Crippen LogP contribution in [0.3, 0.4) is 0 Å². The van der Waals surface area contributed by atoms with Crippen LogP contribution in [0, 0.1) is 0 Å². The molecule has 1 atom stereocenters. The second-order valence-corrected chi connectivity index (χ2v) is 5.57. The van der Waals surface area contributed by atoms with Gasteiger partial charge in [0.2, 0.25) is 5.91 Å². The number of carbonyl (C=O) groups is 1. The van der Waals surface area contributed by atoms with Gasteiger partial charge in [-0.15, -0.1) is 11.3 Å². The van der Waals surface area contributed by atoms with Crippen LogP contribution in [0.4, 0.5) is 0 Å². The second-order valence-electron chi connectivity index (χ2n) is 4.65. The Morgan fingerprint density at radius 3 is 3.18 bits per heavy atom. The molecule has 2 aromatic rings. The Morgan fingerprint density at radius 2 is 2.35 bits per heavy atom. The minimum absolute atomic E-state index is 0.0665. The number of rotatable bonds is 2. The molecule has 88 valence electrons. The molecule has 0 radical (unpaired) electrons. The molecule has 0 saturated heterocycles. The van der Waals surface area contributed by atoms with E-state index in [1.807, 2.05) is 11.3 Å². The molecular formula is C14H15NOS. The van der Waals surface area contributed by atoms with Gasteiger partial charge in [0.05, 0.1) is 0 Å². The Balaban J connectivity index is 1.99. The summed E-state index contributed by atoms with van der Waals surface area (Å²) in [5.41, 5.74) is 2.95. The molecule has 17 heavy (non-hydrogen) atoms. The van der Waals surface area contributed by atoms with Crippen LogP contribution < -0.4 is 5.32 Å². The maximum absolute atomic E-state index is 11.0. The van der Waals surface area contributed by atoms with Crippen molar-refractivity contribution in [3.63, 3.8) is 0 Å². The smallest absolute Gasteiger partial charge is 0.216 e. The van der Waals surface area contributed by atoms with Crippen LogP contribution in [0.25, 0.3) is 10.1 Å². The zero-order valence-electron chi connectivity index (χ0n) is 9.82. The summed E-state index contributed by atoms with van der Waals surface area (Å²) >= 11 is 1.82. The van der Waals surface area contributed by atoms with E-state index in [9.17, 15) is 4.79 Å². The van der Waals surface area contributed by atoms with Crippen molar-refractivity contribution in [2.24, 2.45) is 0 Å². The largest absolute Gasteiger partial charge is 0.356 e. The van der Waals surface area contributed by atoms with E-state index in [0.29, 0.717) is 5.92 Å². The highest BCUT2D eigenvalue weighted by Gasteiger charge is 2.25. The van der Waals surface area contributed by atoms with Crippen molar-refractivity contribution in [2.45, 2.75) is 25.7 Å². The van der Waals surface area contributed by atoms with Crippen molar-refractivity contribution in [1.82, 2.24) is 5.32 Å². The fraction of sp³-hybridized carbons (Fsp3) is 0.357. The highest BCUT2D eigenvalue weighted by atomic mass is 32.1. The van der Waals surface area contributed by atoms with Gasteiger partial charge in [-0.2, -0.15) is 0 Å². The SMILES string of the molecule is CC(=O)NCC1CCc2ccc3ccsc3c21. The van der Waals surface area contributed by atoms with Crippen molar-refractivity contribution < 1.29 is 4.79 Å². The van der Waals surface area contributed by atoms with E-state index in [1.165, 1.54) is 21.2 Å². The van der Waals surface area contributed by atoms with Crippen molar-refractivity contribution in [3.05, 3.63) is 34.7 Å². The lowest BCUT2D eigenvalue weighted by Gasteiger charge is -2.12. The number of nitrogens with one attached hydrogen (secondary N) is 1. The molecule has 1 unspecified atom stereocenters. The Hall–Kier alpha value is -1.35. The first-order chi connectivity index (χ1) is 8.25.